The maximum Gasteiger partial charge on any atom is 0.223 e. The number of hydrogen-bond acceptors (Lipinski definition) is 3. The van der Waals surface area contributed by atoms with Crippen molar-refractivity contribution in [2.75, 3.05) is 18.6 Å². The molecule has 0 aliphatic heterocycles. The van der Waals surface area contributed by atoms with Gasteiger partial charge in [-0.25, -0.2) is 0 Å². The summed E-state index contributed by atoms with van der Waals surface area (Å²) in [5.41, 5.74) is 0.308. The molecule has 0 radical (unpaired) electrons. The average molecular weight is 281 g/mol. The summed E-state index contributed by atoms with van der Waals surface area (Å²) in [6, 6.07) is 9.96. The van der Waals surface area contributed by atoms with Crippen LogP contribution in [0.25, 0.3) is 0 Å². The molecule has 0 spiro atoms. The summed E-state index contributed by atoms with van der Waals surface area (Å²) in [5, 5.41) is 12.8. The maximum atomic E-state index is 12.0. The van der Waals surface area contributed by atoms with E-state index in [1.165, 1.54) is 0 Å². The molecular formula is C15H23NO2S. The molecule has 0 aliphatic rings. The van der Waals surface area contributed by atoms with Gasteiger partial charge >= 0.3 is 0 Å². The third kappa shape index (κ3) is 6.12. The zero-order valence-corrected chi connectivity index (χ0v) is 12.7. The van der Waals surface area contributed by atoms with Crippen LogP contribution in [0.2, 0.25) is 0 Å². The molecule has 1 rings (SSSR count). The van der Waals surface area contributed by atoms with Gasteiger partial charge < -0.3 is 10.4 Å². The fourth-order valence-electron chi connectivity index (χ4n) is 1.87. The summed E-state index contributed by atoms with van der Waals surface area (Å²) in [7, 11) is 0. The van der Waals surface area contributed by atoms with E-state index in [2.05, 4.69) is 5.32 Å². The highest BCUT2D eigenvalue weighted by atomic mass is 32.2. The van der Waals surface area contributed by atoms with E-state index in [0.717, 1.165) is 12.0 Å². The van der Waals surface area contributed by atoms with E-state index in [-0.39, 0.29) is 11.8 Å². The molecule has 1 aromatic rings. The van der Waals surface area contributed by atoms with Gasteiger partial charge in [-0.15, -0.1) is 0 Å². The van der Waals surface area contributed by atoms with E-state index in [4.69, 9.17) is 0 Å². The van der Waals surface area contributed by atoms with Crippen LogP contribution < -0.4 is 5.32 Å². The minimum absolute atomic E-state index is 0.00905. The van der Waals surface area contributed by atoms with Gasteiger partial charge in [0.2, 0.25) is 5.91 Å². The van der Waals surface area contributed by atoms with Crippen LogP contribution in [0.4, 0.5) is 0 Å². The Kier molecular flexibility index (Phi) is 6.38. The second kappa shape index (κ2) is 7.56. The van der Waals surface area contributed by atoms with Gasteiger partial charge in [0, 0.05) is 18.2 Å². The van der Waals surface area contributed by atoms with Crippen molar-refractivity contribution in [3.05, 3.63) is 35.9 Å². The largest absolute Gasteiger partial charge is 0.387 e. The smallest absolute Gasteiger partial charge is 0.223 e. The first-order valence-corrected chi connectivity index (χ1v) is 7.87. The Morgan fingerprint density at radius 2 is 2.05 bits per heavy atom. The number of benzene rings is 1. The Morgan fingerprint density at radius 3 is 2.63 bits per heavy atom. The molecule has 2 N–H and O–H groups in total. The highest BCUT2D eigenvalue weighted by Gasteiger charge is 2.22. The van der Waals surface area contributed by atoms with Crippen molar-refractivity contribution in [3.63, 3.8) is 0 Å². The van der Waals surface area contributed by atoms with Crippen molar-refractivity contribution in [1.82, 2.24) is 5.32 Å². The third-order valence-electron chi connectivity index (χ3n) is 2.93. The van der Waals surface area contributed by atoms with Gasteiger partial charge in [-0.1, -0.05) is 37.3 Å². The molecular weight excluding hydrogens is 258 g/mol. The number of carbonyl (C=O) groups excluding carboxylic acids is 1. The van der Waals surface area contributed by atoms with Crippen LogP contribution >= 0.6 is 11.8 Å². The SMILES string of the molecule is CSCC(C)(O)CNC(=O)C(C)Cc1ccccc1. The van der Waals surface area contributed by atoms with Gasteiger partial charge in [-0.3, -0.25) is 4.79 Å². The number of thioether (sulfide) groups is 1. The van der Waals surface area contributed by atoms with E-state index in [1.807, 2.05) is 43.5 Å². The second-order valence-corrected chi connectivity index (χ2v) is 6.10. The summed E-state index contributed by atoms with van der Waals surface area (Å²) in [6.07, 6.45) is 2.66. The van der Waals surface area contributed by atoms with E-state index in [9.17, 15) is 9.90 Å². The summed E-state index contributed by atoms with van der Waals surface area (Å²) in [5.74, 6) is 0.512. The predicted octanol–water partition coefficient (Wildman–Crippen LogP) is 2.10. The van der Waals surface area contributed by atoms with Gasteiger partial charge in [0.05, 0.1) is 5.60 Å². The Bertz CT molecular complexity index is 392. The van der Waals surface area contributed by atoms with E-state index in [0.29, 0.717) is 12.3 Å². The Hall–Kier alpha value is -1.00. The van der Waals surface area contributed by atoms with Crippen LogP contribution in [0.3, 0.4) is 0 Å². The highest BCUT2D eigenvalue weighted by Crippen LogP contribution is 2.11. The van der Waals surface area contributed by atoms with Gasteiger partial charge in [-0.05, 0) is 25.2 Å². The van der Waals surface area contributed by atoms with Crippen LogP contribution in [0.15, 0.2) is 30.3 Å². The molecule has 0 saturated heterocycles. The van der Waals surface area contributed by atoms with Crippen molar-refractivity contribution < 1.29 is 9.90 Å². The average Bonchev–Trinajstić information content (AvgIpc) is 2.37. The molecule has 0 bridgehead atoms. The first-order chi connectivity index (χ1) is 8.94. The Balaban J connectivity index is 2.41. The summed E-state index contributed by atoms with van der Waals surface area (Å²) in [4.78, 5) is 12.0. The molecule has 106 valence electrons. The number of rotatable bonds is 7. The third-order valence-corrected chi connectivity index (χ3v) is 3.84. The number of aliphatic hydroxyl groups is 1. The number of carbonyl (C=O) groups is 1. The molecule has 0 fully saturated rings. The number of hydrogen-bond donors (Lipinski definition) is 2. The van der Waals surface area contributed by atoms with Crippen molar-refractivity contribution in [3.8, 4) is 0 Å². The van der Waals surface area contributed by atoms with E-state index >= 15 is 0 Å². The molecule has 1 amide bonds. The molecule has 0 aromatic heterocycles. The lowest BCUT2D eigenvalue weighted by Gasteiger charge is -2.23. The summed E-state index contributed by atoms with van der Waals surface area (Å²) in [6.45, 7) is 3.95. The number of nitrogens with one attached hydrogen (secondary N) is 1. The quantitative estimate of drug-likeness (QED) is 0.804. The molecule has 1 aromatic carbocycles. The number of amides is 1. The normalized spacial score (nSPS) is 15.6. The molecule has 2 unspecified atom stereocenters. The zero-order valence-electron chi connectivity index (χ0n) is 11.8. The first-order valence-electron chi connectivity index (χ1n) is 6.47. The monoisotopic (exact) mass is 281 g/mol. The van der Waals surface area contributed by atoms with Crippen LogP contribution in [0.5, 0.6) is 0 Å². The second-order valence-electron chi connectivity index (χ2n) is 5.24. The first kappa shape index (κ1) is 16.1. The van der Waals surface area contributed by atoms with Crippen molar-refractivity contribution >= 4 is 17.7 Å². The molecule has 19 heavy (non-hydrogen) atoms. The molecule has 3 nitrogen and oxygen atoms in total. The van der Waals surface area contributed by atoms with Crippen LogP contribution in [0, 0.1) is 5.92 Å². The zero-order chi connectivity index (χ0) is 14.3. The van der Waals surface area contributed by atoms with Crippen molar-refractivity contribution in [1.29, 1.82) is 0 Å². The molecule has 0 saturated carbocycles. The Labute approximate surface area is 119 Å². The fraction of sp³-hybridized carbons (Fsp3) is 0.533. The van der Waals surface area contributed by atoms with Gasteiger partial charge in [0.15, 0.2) is 0 Å². The van der Waals surface area contributed by atoms with Crippen molar-refractivity contribution in [2.45, 2.75) is 25.9 Å². The maximum absolute atomic E-state index is 12.0. The van der Waals surface area contributed by atoms with Crippen LogP contribution in [-0.4, -0.2) is 35.2 Å². The lowest BCUT2D eigenvalue weighted by molar-refractivity contribution is -0.125. The predicted molar refractivity (Wildman–Crippen MR) is 81.3 cm³/mol. The molecule has 0 heterocycles. The van der Waals surface area contributed by atoms with Gasteiger partial charge in [0.1, 0.15) is 0 Å². The Morgan fingerprint density at radius 1 is 1.42 bits per heavy atom. The molecule has 2 atom stereocenters. The van der Waals surface area contributed by atoms with Crippen LogP contribution in [0.1, 0.15) is 19.4 Å². The van der Waals surface area contributed by atoms with Gasteiger partial charge in [0.25, 0.3) is 0 Å². The topological polar surface area (TPSA) is 49.3 Å². The minimum Gasteiger partial charge on any atom is -0.387 e. The van der Waals surface area contributed by atoms with E-state index in [1.54, 1.807) is 18.7 Å². The highest BCUT2D eigenvalue weighted by molar-refractivity contribution is 7.98. The minimum atomic E-state index is -0.846. The molecule has 0 aliphatic carbocycles. The lowest BCUT2D eigenvalue weighted by atomic mass is 10.00. The van der Waals surface area contributed by atoms with E-state index < -0.39 is 5.60 Å². The van der Waals surface area contributed by atoms with Crippen LogP contribution in [-0.2, 0) is 11.2 Å². The summed E-state index contributed by atoms with van der Waals surface area (Å²) < 4.78 is 0. The standard InChI is InChI=1S/C15H23NO2S/c1-12(9-13-7-5-4-6-8-13)14(17)16-10-15(2,18)11-19-3/h4-8,12,18H,9-11H2,1-3H3,(H,16,17). The summed E-state index contributed by atoms with van der Waals surface area (Å²) >= 11 is 1.57. The van der Waals surface area contributed by atoms with Gasteiger partial charge in [-0.2, -0.15) is 11.8 Å². The molecule has 4 heteroatoms. The van der Waals surface area contributed by atoms with Crippen molar-refractivity contribution in [2.24, 2.45) is 5.92 Å². The lowest BCUT2D eigenvalue weighted by Crippen LogP contribution is -2.44. The fourth-order valence-corrected chi connectivity index (χ4v) is 2.60.